The molecule has 0 saturated carbocycles. The van der Waals surface area contributed by atoms with Crippen molar-refractivity contribution in [3.05, 3.63) is 70.1 Å². The van der Waals surface area contributed by atoms with Crippen molar-refractivity contribution >= 4 is 16.7 Å². The van der Waals surface area contributed by atoms with Crippen molar-refractivity contribution < 1.29 is 9.53 Å². The lowest BCUT2D eigenvalue weighted by Crippen LogP contribution is -2.36. The van der Waals surface area contributed by atoms with E-state index >= 15 is 0 Å². The summed E-state index contributed by atoms with van der Waals surface area (Å²) in [7, 11) is 7.07. The largest absolute Gasteiger partial charge is 0.496 e. The van der Waals surface area contributed by atoms with Gasteiger partial charge in [-0.25, -0.2) is 4.68 Å². The van der Waals surface area contributed by atoms with Crippen LogP contribution in [-0.2, 0) is 7.05 Å². The molecule has 1 heterocycles. The number of likely N-dealkylation sites (N-methyl/N-ethyl adjacent to an activating group) is 1. The van der Waals surface area contributed by atoms with Crippen LogP contribution in [0, 0.1) is 0 Å². The quantitative estimate of drug-likeness (QED) is 0.708. The molecular weight excluding hydrogens is 356 g/mol. The molecule has 28 heavy (non-hydrogen) atoms. The van der Waals surface area contributed by atoms with Gasteiger partial charge in [-0.05, 0) is 26.2 Å². The molecule has 0 spiro atoms. The lowest BCUT2D eigenvalue weighted by Gasteiger charge is -2.26. The first-order chi connectivity index (χ1) is 13.4. The Morgan fingerprint density at radius 3 is 2.46 bits per heavy atom. The number of rotatable bonds is 6. The molecule has 7 nitrogen and oxygen atoms in total. The Balaban J connectivity index is 1.90. The summed E-state index contributed by atoms with van der Waals surface area (Å²) in [5.41, 5.74) is 0.983. The highest BCUT2D eigenvalue weighted by Crippen LogP contribution is 2.27. The van der Waals surface area contributed by atoms with Gasteiger partial charge in [0.25, 0.3) is 11.5 Å². The number of hydrogen-bond acceptors (Lipinski definition) is 5. The minimum atomic E-state index is -0.325. The van der Waals surface area contributed by atoms with Gasteiger partial charge >= 0.3 is 0 Å². The van der Waals surface area contributed by atoms with Crippen molar-refractivity contribution in [3.63, 3.8) is 0 Å². The predicted octanol–water partition coefficient (Wildman–Crippen LogP) is 1.97. The van der Waals surface area contributed by atoms with Crippen LogP contribution in [0.15, 0.2) is 53.3 Å². The number of amides is 1. The van der Waals surface area contributed by atoms with Gasteiger partial charge in [-0.2, -0.15) is 5.10 Å². The molecule has 0 aliphatic carbocycles. The number of ether oxygens (including phenoxy) is 1. The Morgan fingerprint density at radius 1 is 1.14 bits per heavy atom. The first-order valence-corrected chi connectivity index (χ1v) is 8.97. The number of aromatic nitrogens is 2. The van der Waals surface area contributed by atoms with Crippen LogP contribution >= 0.6 is 0 Å². The Labute approximate surface area is 163 Å². The fraction of sp³-hybridized carbons (Fsp3) is 0.286. The van der Waals surface area contributed by atoms with E-state index < -0.39 is 0 Å². The van der Waals surface area contributed by atoms with Gasteiger partial charge in [0.15, 0.2) is 5.69 Å². The highest BCUT2D eigenvalue weighted by molar-refractivity contribution is 6.04. The molecule has 0 radical (unpaired) electrons. The van der Waals surface area contributed by atoms with E-state index in [9.17, 15) is 9.59 Å². The summed E-state index contributed by atoms with van der Waals surface area (Å²) in [5.74, 6) is 0.440. The first kappa shape index (κ1) is 19.6. The number of fused-ring (bicyclic) bond motifs is 1. The monoisotopic (exact) mass is 380 g/mol. The highest BCUT2D eigenvalue weighted by Gasteiger charge is 2.21. The Bertz CT molecular complexity index is 1060. The number of carbonyl (C=O) groups is 1. The molecule has 3 rings (SSSR count). The number of nitrogens with one attached hydrogen (secondary N) is 1. The van der Waals surface area contributed by atoms with Crippen LogP contribution in [0.25, 0.3) is 10.8 Å². The van der Waals surface area contributed by atoms with Gasteiger partial charge in [0.2, 0.25) is 0 Å². The van der Waals surface area contributed by atoms with Gasteiger partial charge < -0.3 is 15.0 Å². The lowest BCUT2D eigenvalue weighted by atomic mass is 10.0. The molecular formula is C21H24N4O3. The van der Waals surface area contributed by atoms with Crippen molar-refractivity contribution in [1.82, 2.24) is 20.0 Å². The highest BCUT2D eigenvalue weighted by atomic mass is 16.5. The normalized spacial score (nSPS) is 12.2. The zero-order valence-electron chi connectivity index (χ0n) is 16.5. The molecule has 7 heteroatoms. The molecule has 1 N–H and O–H groups in total. The van der Waals surface area contributed by atoms with Gasteiger partial charge in [0.05, 0.1) is 18.5 Å². The first-order valence-electron chi connectivity index (χ1n) is 8.97. The number of nitrogens with zero attached hydrogens (tertiary/aromatic N) is 3. The Kier molecular flexibility index (Phi) is 5.75. The number of methoxy groups -OCH3 is 1. The van der Waals surface area contributed by atoms with Crippen molar-refractivity contribution in [2.75, 3.05) is 27.7 Å². The minimum Gasteiger partial charge on any atom is -0.496 e. The van der Waals surface area contributed by atoms with Crippen molar-refractivity contribution in [1.29, 1.82) is 0 Å². The molecule has 0 fully saturated rings. The molecule has 0 unspecified atom stereocenters. The molecule has 1 aromatic heterocycles. The van der Waals surface area contributed by atoms with Crippen LogP contribution in [-0.4, -0.2) is 48.3 Å². The molecule has 1 amide bonds. The summed E-state index contributed by atoms with van der Waals surface area (Å²) in [6.45, 7) is 0.366. The number of benzene rings is 2. The zero-order valence-corrected chi connectivity index (χ0v) is 16.5. The molecule has 146 valence electrons. The smallest absolute Gasteiger partial charge is 0.274 e. The molecule has 1 atom stereocenters. The van der Waals surface area contributed by atoms with Crippen LogP contribution < -0.4 is 15.6 Å². The van der Waals surface area contributed by atoms with Gasteiger partial charge in [0, 0.05) is 24.5 Å². The fourth-order valence-corrected chi connectivity index (χ4v) is 3.25. The molecule has 0 aliphatic rings. The number of aryl methyl sites for hydroxylation is 1. The average Bonchev–Trinajstić information content (AvgIpc) is 2.70. The van der Waals surface area contributed by atoms with Crippen LogP contribution in [0.4, 0.5) is 0 Å². The van der Waals surface area contributed by atoms with Crippen LogP contribution in [0.3, 0.4) is 0 Å². The van der Waals surface area contributed by atoms with Gasteiger partial charge in [-0.3, -0.25) is 9.59 Å². The van der Waals surface area contributed by atoms with Crippen LogP contribution in [0.1, 0.15) is 22.1 Å². The molecule has 0 saturated heterocycles. The zero-order chi connectivity index (χ0) is 20.3. The summed E-state index contributed by atoms with van der Waals surface area (Å²) < 4.78 is 6.66. The second-order valence-corrected chi connectivity index (χ2v) is 6.75. The van der Waals surface area contributed by atoms with Crippen LogP contribution in [0.5, 0.6) is 5.75 Å². The standard InChI is InChI=1S/C21H24N4O3/c1-24(2)17(16-11-7-8-12-18(16)28-4)13-22-20(26)19-14-9-5-6-10-15(14)21(27)25(3)23-19/h5-12,17H,13H2,1-4H3,(H,22,26)/t17-/m1/s1. The third-order valence-electron chi connectivity index (χ3n) is 4.75. The maximum absolute atomic E-state index is 12.9. The van der Waals surface area contributed by atoms with Gasteiger partial charge in [0.1, 0.15) is 5.75 Å². The summed E-state index contributed by atoms with van der Waals surface area (Å²) in [5, 5.41) is 8.15. The summed E-state index contributed by atoms with van der Waals surface area (Å²) >= 11 is 0. The van der Waals surface area contributed by atoms with E-state index in [1.807, 2.05) is 43.3 Å². The number of para-hydroxylation sites is 1. The van der Waals surface area contributed by atoms with E-state index in [-0.39, 0.29) is 23.2 Å². The summed E-state index contributed by atoms with van der Waals surface area (Å²) in [4.78, 5) is 27.2. The molecule has 2 aromatic carbocycles. The van der Waals surface area contributed by atoms with Gasteiger partial charge in [-0.1, -0.05) is 36.4 Å². The average molecular weight is 380 g/mol. The summed E-state index contributed by atoms with van der Waals surface area (Å²) in [6, 6.07) is 14.7. The van der Waals surface area contributed by atoms with Gasteiger partial charge in [-0.15, -0.1) is 0 Å². The predicted molar refractivity (Wildman–Crippen MR) is 109 cm³/mol. The third kappa shape index (κ3) is 3.75. The second kappa shape index (κ2) is 8.22. The van der Waals surface area contributed by atoms with Crippen molar-refractivity contribution in [2.45, 2.75) is 6.04 Å². The molecule has 3 aromatic rings. The maximum atomic E-state index is 12.9. The Hall–Kier alpha value is -3.19. The van der Waals surface area contributed by atoms with Crippen molar-refractivity contribution in [2.24, 2.45) is 7.05 Å². The van der Waals surface area contributed by atoms with E-state index in [1.165, 1.54) is 4.68 Å². The lowest BCUT2D eigenvalue weighted by molar-refractivity contribution is 0.0936. The summed E-state index contributed by atoms with van der Waals surface area (Å²) in [6.07, 6.45) is 0. The Morgan fingerprint density at radius 2 is 1.79 bits per heavy atom. The third-order valence-corrected chi connectivity index (χ3v) is 4.75. The van der Waals surface area contributed by atoms with Crippen molar-refractivity contribution in [3.8, 4) is 5.75 Å². The topological polar surface area (TPSA) is 76.5 Å². The maximum Gasteiger partial charge on any atom is 0.274 e. The minimum absolute atomic E-state index is 0.0844. The van der Waals surface area contributed by atoms with E-state index in [0.717, 1.165) is 11.3 Å². The van der Waals surface area contributed by atoms with Crippen LogP contribution in [0.2, 0.25) is 0 Å². The molecule has 0 aliphatic heterocycles. The van der Waals surface area contributed by atoms with E-state index in [1.54, 1.807) is 38.4 Å². The number of hydrogen-bond donors (Lipinski definition) is 1. The SMILES string of the molecule is COc1ccccc1[C@@H](CNC(=O)c1nn(C)c(=O)c2ccccc12)N(C)C. The second-order valence-electron chi connectivity index (χ2n) is 6.75. The molecule has 0 bridgehead atoms. The number of carbonyl (C=O) groups excluding carboxylic acids is 1. The van der Waals surface area contributed by atoms with E-state index in [4.69, 9.17) is 4.74 Å². The fourth-order valence-electron chi connectivity index (χ4n) is 3.25. The van der Waals surface area contributed by atoms with E-state index in [0.29, 0.717) is 17.3 Å². The van der Waals surface area contributed by atoms with E-state index in [2.05, 4.69) is 10.4 Å².